The molecule has 0 aliphatic heterocycles. The summed E-state index contributed by atoms with van der Waals surface area (Å²) in [5, 5.41) is 10.5. The van der Waals surface area contributed by atoms with Crippen molar-refractivity contribution in [3.05, 3.63) is 95.6 Å². The van der Waals surface area contributed by atoms with Crippen molar-refractivity contribution in [2.75, 3.05) is 0 Å². The van der Waals surface area contributed by atoms with Crippen LogP contribution in [0.3, 0.4) is 0 Å². The first-order valence-corrected chi connectivity index (χ1v) is 13.2. The Morgan fingerprint density at radius 1 is 1.16 bits per heavy atom. The molecule has 3 rings (SSSR count). The summed E-state index contributed by atoms with van der Waals surface area (Å²) < 4.78 is 6.97. The second-order valence-electron chi connectivity index (χ2n) is 9.96. The quantitative estimate of drug-likeness (QED) is 0.256. The number of phenolic OH excluding ortho intramolecular Hbond substituents is 1. The van der Waals surface area contributed by atoms with Gasteiger partial charge in [-0.2, -0.15) is 0 Å². The molecular formula is C33H42N2O2. The highest BCUT2D eigenvalue weighted by molar-refractivity contribution is 5.77. The molecule has 2 aromatic rings. The molecule has 2 aromatic carbocycles. The number of aromatic hydroxyl groups is 1. The minimum atomic E-state index is -0.971. The van der Waals surface area contributed by atoms with Gasteiger partial charge in [-0.15, -0.1) is 6.58 Å². The molecule has 4 nitrogen and oxygen atoms in total. The number of ether oxygens (including phenoxy) is 1. The maximum absolute atomic E-state index is 10.5. The second kappa shape index (κ2) is 12.2. The molecule has 1 saturated carbocycles. The van der Waals surface area contributed by atoms with Crippen LogP contribution in [0.4, 0.5) is 5.69 Å². The normalized spacial score (nSPS) is 19.6. The first kappa shape index (κ1) is 28.2. The third kappa shape index (κ3) is 5.65. The van der Waals surface area contributed by atoms with Gasteiger partial charge in [-0.3, -0.25) is 4.99 Å². The van der Waals surface area contributed by atoms with Crippen LogP contribution < -0.4 is 10.5 Å². The van der Waals surface area contributed by atoms with Crippen LogP contribution in [-0.4, -0.2) is 17.4 Å². The minimum absolute atomic E-state index is 0.249. The zero-order valence-electron chi connectivity index (χ0n) is 22.9. The molecule has 1 atom stereocenters. The molecule has 0 amide bonds. The van der Waals surface area contributed by atoms with Crippen LogP contribution in [0.15, 0.2) is 72.8 Å². The molecule has 0 aromatic heterocycles. The predicted octanol–water partition coefficient (Wildman–Crippen LogP) is 8.21. The van der Waals surface area contributed by atoms with Crippen molar-refractivity contribution in [3.8, 4) is 11.5 Å². The van der Waals surface area contributed by atoms with Crippen LogP contribution in [0, 0.1) is 6.92 Å². The molecular weight excluding hydrogens is 456 g/mol. The lowest BCUT2D eigenvalue weighted by molar-refractivity contribution is 0.159. The van der Waals surface area contributed by atoms with E-state index in [0.29, 0.717) is 18.1 Å². The van der Waals surface area contributed by atoms with Gasteiger partial charge in [0.25, 0.3) is 0 Å². The highest BCUT2D eigenvalue weighted by Gasteiger charge is 2.37. The lowest BCUT2D eigenvalue weighted by atomic mass is 9.79. The van der Waals surface area contributed by atoms with E-state index in [9.17, 15) is 5.11 Å². The van der Waals surface area contributed by atoms with Crippen molar-refractivity contribution in [1.29, 1.82) is 0 Å². The molecule has 1 aliphatic carbocycles. The van der Waals surface area contributed by atoms with Crippen molar-refractivity contribution in [2.24, 2.45) is 10.7 Å². The van der Waals surface area contributed by atoms with Crippen LogP contribution in [0.25, 0.3) is 6.08 Å². The third-order valence-corrected chi connectivity index (χ3v) is 7.51. The van der Waals surface area contributed by atoms with E-state index < -0.39 is 5.60 Å². The maximum Gasteiger partial charge on any atom is 0.173 e. The fourth-order valence-corrected chi connectivity index (χ4v) is 5.49. The predicted molar refractivity (Wildman–Crippen MR) is 158 cm³/mol. The maximum atomic E-state index is 10.5. The van der Waals surface area contributed by atoms with Crippen LogP contribution in [0.1, 0.15) is 80.2 Å². The first-order chi connectivity index (χ1) is 17.7. The van der Waals surface area contributed by atoms with Crippen LogP contribution in [0.2, 0.25) is 0 Å². The number of benzene rings is 2. The fourth-order valence-electron chi connectivity index (χ4n) is 5.49. The Hall–Kier alpha value is -3.37. The monoisotopic (exact) mass is 498 g/mol. The molecule has 3 N–H and O–H groups in total. The molecule has 0 radical (unpaired) electrons. The number of allylic oxidation sites excluding steroid dienone is 2. The number of nitrogens with zero attached hydrogens (tertiary/aromatic N) is 1. The van der Waals surface area contributed by atoms with Gasteiger partial charge >= 0.3 is 0 Å². The number of hydrogen-bond acceptors (Lipinski definition) is 4. The van der Waals surface area contributed by atoms with Crippen molar-refractivity contribution < 1.29 is 9.84 Å². The number of rotatable bonds is 10. The Bertz CT molecular complexity index is 1220. The Labute approximate surface area is 223 Å². The van der Waals surface area contributed by atoms with Crippen LogP contribution >= 0.6 is 0 Å². The molecule has 0 bridgehead atoms. The Balaban J connectivity index is 2.24. The Morgan fingerprint density at radius 3 is 2.43 bits per heavy atom. The van der Waals surface area contributed by atoms with Gasteiger partial charge in [0.2, 0.25) is 0 Å². The third-order valence-electron chi connectivity index (χ3n) is 7.51. The molecule has 1 unspecified atom stereocenters. The molecule has 4 heteroatoms. The Kier molecular flexibility index (Phi) is 9.34. The average Bonchev–Trinajstić information content (AvgIpc) is 2.88. The summed E-state index contributed by atoms with van der Waals surface area (Å²) in [4.78, 5) is 4.78. The molecule has 0 saturated heterocycles. The SMILES string of the molecule is C=CCc1c(C(/C=C/C)(Oc2ccc(C3CCC(N)CC3)c(C=C)c2N=CC)C(=C)C)ccc(O)c1C. The molecule has 0 heterocycles. The lowest BCUT2D eigenvalue weighted by Gasteiger charge is -2.36. The van der Waals surface area contributed by atoms with Gasteiger partial charge in [-0.1, -0.05) is 43.5 Å². The smallest absolute Gasteiger partial charge is 0.173 e. The number of hydrogen-bond donors (Lipinski definition) is 2. The van der Waals surface area contributed by atoms with Crippen LogP contribution in [0.5, 0.6) is 11.5 Å². The molecule has 1 aliphatic rings. The summed E-state index contributed by atoms with van der Waals surface area (Å²) in [5.41, 5.74) is 11.7. The van der Waals surface area contributed by atoms with E-state index in [1.165, 1.54) is 5.56 Å². The van der Waals surface area contributed by atoms with E-state index in [1.54, 1.807) is 12.3 Å². The summed E-state index contributed by atoms with van der Waals surface area (Å²) in [6, 6.07) is 8.12. The van der Waals surface area contributed by atoms with Gasteiger partial charge in [0.1, 0.15) is 17.2 Å². The average molecular weight is 499 g/mol. The van der Waals surface area contributed by atoms with E-state index in [2.05, 4.69) is 25.8 Å². The highest BCUT2D eigenvalue weighted by Crippen LogP contribution is 2.46. The fraction of sp³-hybridized carbons (Fsp3) is 0.364. The number of phenols is 1. The van der Waals surface area contributed by atoms with Gasteiger partial charge in [0.05, 0.1) is 0 Å². The molecule has 0 spiro atoms. The van der Waals surface area contributed by atoms with Gasteiger partial charge in [-0.05, 0) is 106 Å². The lowest BCUT2D eigenvalue weighted by Crippen LogP contribution is -2.34. The zero-order valence-corrected chi connectivity index (χ0v) is 22.9. The van der Waals surface area contributed by atoms with Crippen molar-refractivity contribution in [2.45, 2.75) is 77.4 Å². The summed E-state index contributed by atoms with van der Waals surface area (Å²) in [5.74, 6) is 1.33. The van der Waals surface area contributed by atoms with Crippen molar-refractivity contribution >= 4 is 18.0 Å². The van der Waals surface area contributed by atoms with Gasteiger partial charge in [-0.25, -0.2) is 0 Å². The van der Waals surface area contributed by atoms with Gasteiger partial charge in [0, 0.05) is 23.4 Å². The first-order valence-electron chi connectivity index (χ1n) is 13.2. The molecule has 196 valence electrons. The van der Waals surface area contributed by atoms with E-state index in [0.717, 1.165) is 59.2 Å². The van der Waals surface area contributed by atoms with Gasteiger partial charge < -0.3 is 15.6 Å². The van der Waals surface area contributed by atoms with Crippen LogP contribution in [-0.2, 0) is 12.0 Å². The van der Waals surface area contributed by atoms with Crippen molar-refractivity contribution in [1.82, 2.24) is 0 Å². The summed E-state index contributed by atoms with van der Waals surface area (Å²) >= 11 is 0. The number of aliphatic imine (C=N–C) groups is 1. The summed E-state index contributed by atoms with van der Waals surface area (Å²) in [7, 11) is 0. The Morgan fingerprint density at radius 2 is 1.86 bits per heavy atom. The second-order valence-corrected chi connectivity index (χ2v) is 9.96. The highest BCUT2D eigenvalue weighted by atomic mass is 16.5. The van der Waals surface area contributed by atoms with E-state index in [4.69, 9.17) is 15.5 Å². The summed E-state index contributed by atoms with van der Waals surface area (Å²) in [6.45, 7) is 20.2. The largest absolute Gasteiger partial charge is 0.508 e. The number of nitrogens with two attached hydrogens (primary N) is 1. The van der Waals surface area contributed by atoms with Gasteiger partial charge in [0.15, 0.2) is 5.60 Å². The van der Waals surface area contributed by atoms with E-state index in [1.807, 2.05) is 64.1 Å². The summed E-state index contributed by atoms with van der Waals surface area (Å²) in [6.07, 6.45) is 14.3. The van der Waals surface area contributed by atoms with Crippen molar-refractivity contribution in [3.63, 3.8) is 0 Å². The van der Waals surface area contributed by atoms with E-state index in [-0.39, 0.29) is 11.8 Å². The molecule has 37 heavy (non-hydrogen) atoms. The molecule has 1 fully saturated rings. The topological polar surface area (TPSA) is 67.8 Å². The standard InChI is InChI=1S/C33H42N2O2/c1-8-12-27-23(7)30(36)19-18-29(27)33(21-9-2,22(5)6)37-31-20-17-28(24-13-15-25(34)16-14-24)26(10-3)32(31)35-11-4/h8-11,17-21,24-25,36H,1,3,5,12-16,34H2,2,4,6-7H3/b21-9+,35-11?. The minimum Gasteiger partial charge on any atom is -0.508 e. The zero-order chi connectivity index (χ0) is 27.2. The van der Waals surface area contributed by atoms with E-state index >= 15 is 0 Å².